The summed E-state index contributed by atoms with van der Waals surface area (Å²) in [6.45, 7) is 1.68. The van der Waals surface area contributed by atoms with Crippen molar-refractivity contribution in [3.8, 4) is 0 Å². The molecule has 0 rings (SSSR count). The second kappa shape index (κ2) is 8.57. The zero-order valence-electron chi connectivity index (χ0n) is 7.98. The second-order valence-electron chi connectivity index (χ2n) is 2.90. The van der Waals surface area contributed by atoms with Crippen LogP contribution in [0, 0.1) is 0 Å². The van der Waals surface area contributed by atoms with E-state index in [1.54, 1.807) is 0 Å². The molecule has 2 atom stereocenters. The van der Waals surface area contributed by atoms with Gasteiger partial charge in [-0.15, -0.1) is 4.52 Å². The molecule has 0 heterocycles. The van der Waals surface area contributed by atoms with Crippen molar-refractivity contribution < 1.29 is 19.3 Å². The normalized spacial score (nSPS) is 14.2. The molecule has 0 radical (unpaired) electrons. The Balaban J connectivity index is 3.30. The maximum absolute atomic E-state index is 11.1. The predicted octanol–water partition coefficient (Wildman–Crippen LogP) is 1.29. The molecule has 78 valence electrons. The third-order valence-corrected chi connectivity index (χ3v) is 2.68. The Morgan fingerprint density at radius 1 is 1.46 bits per heavy atom. The van der Waals surface area contributed by atoms with E-state index in [1.165, 1.54) is 0 Å². The van der Waals surface area contributed by atoms with Gasteiger partial charge < -0.3 is 10.2 Å². The Morgan fingerprint density at radius 3 is 2.69 bits per heavy atom. The summed E-state index contributed by atoms with van der Waals surface area (Å²) in [5.41, 5.74) is 0. The van der Waals surface area contributed by atoms with Crippen LogP contribution < -0.4 is 0 Å². The highest BCUT2D eigenvalue weighted by molar-refractivity contribution is 7.39. The smallest absolute Gasteiger partial charge is 0.394 e. The molecule has 0 aromatic carbocycles. The monoisotopic (exact) mass is 209 g/mol. The summed E-state index contributed by atoms with van der Waals surface area (Å²) in [7, 11) is -1.65. The number of aliphatic hydroxyl groups excluding tert-OH is 2. The molecule has 0 aromatic rings. The maximum Gasteiger partial charge on any atom is 0.508 e. The van der Waals surface area contributed by atoms with E-state index in [0.717, 1.165) is 19.3 Å². The minimum absolute atomic E-state index is 0.0438. The van der Waals surface area contributed by atoms with Crippen LogP contribution in [0.1, 0.15) is 26.2 Å². The van der Waals surface area contributed by atoms with Gasteiger partial charge in [-0.1, -0.05) is 13.3 Å². The molecule has 0 saturated heterocycles. The zero-order valence-corrected chi connectivity index (χ0v) is 8.87. The van der Waals surface area contributed by atoms with Gasteiger partial charge in [-0.25, -0.2) is 0 Å². The summed E-state index contributed by atoms with van der Waals surface area (Å²) >= 11 is 0. The summed E-state index contributed by atoms with van der Waals surface area (Å²) in [5.74, 6) is 0. The first kappa shape index (κ1) is 13.0. The third kappa shape index (κ3) is 8.31. The van der Waals surface area contributed by atoms with Crippen LogP contribution >= 0.6 is 8.03 Å². The molecular formula is C8H18O4P+. The fraction of sp³-hybridized carbons (Fsp3) is 1.00. The largest absolute Gasteiger partial charge is 0.508 e. The molecule has 0 aromatic heterocycles. The molecule has 0 aliphatic carbocycles. The van der Waals surface area contributed by atoms with Gasteiger partial charge in [-0.2, -0.15) is 0 Å². The fourth-order valence-corrected chi connectivity index (χ4v) is 1.73. The quantitative estimate of drug-likeness (QED) is 0.467. The minimum atomic E-state index is -1.65. The molecule has 0 fully saturated rings. The van der Waals surface area contributed by atoms with Gasteiger partial charge in [0.15, 0.2) is 6.16 Å². The van der Waals surface area contributed by atoms with Gasteiger partial charge in [0.05, 0.1) is 6.61 Å². The lowest BCUT2D eigenvalue weighted by molar-refractivity contribution is 0.0562. The van der Waals surface area contributed by atoms with E-state index >= 15 is 0 Å². The Morgan fingerprint density at radius 2 is 2.15 bits per heavy atom. The summed E-state index contributed by atoms with van der Waals surface area (Å²) in [5, 5.41) is 17.3. The Kier molecular flexibility index (Phi) is 8.56. The predicted molar refractivity (Wildman–Crippen MR) is 51.0 cm³/mol. The standard InChI is InChI=1S/C8H18O4P/c1-2-3-4-5-13(11)12-7-8(10)6-9/h8-10H,2-7H2,1H3/q+1. The second-order valence-corrected chi connectivity index (χ2v) is 4.27. The molecule has 0 saturated carbocycles. The number of unbranched alkanes of at least 4 members (excludes halogenated alkanes) is 2. The van der Waals surface area contributed by atoms with Crippen molar-refractivity contribution in [2.45, 2.75) is 32.3 Å². The molecular weight excluding hydrogens is 191 g/mol. The highest BCUT2D eigenvalue weighted by atomic mass is 31.1. The third-order valence-electron chi connectivity index (χ3n) is 1.57. The molecule has 13 heavy (non-hydrogen) atoms. The van der Waals surface area contributed by atoms with Crippen LogP contribution in [-0.4, -0.2) is 35.7 Å². The van der Waals surface area contributed by atoms with Gasteiger partial charge in [0.25, 0.3) is 0 Å². The average Bonchev–Trinajstić information content (AvgIpc) is 2.14. The summed E-state index contributed by atoms with van der Waals surface area (Å²) in [6.07, 6.45) is 2.66. The maximum atomic E-state index is 11.1. The first-order valence-electron chi connectivity index (χ1n) is 4.57. The number of aliphatic hydroxyl groups is 2. The van der Waals surface area contributed by atoms with E-state index in [2.05, 4.69) is 6.92 Å². The van der Waals surface area contributed by atoms with Gasteiger partial charge in [0, 0.05) is 0 Å². The van der Waals surface area contributed by atoms with Crippen molar-refractivity contribution in [3.63, 3.8) is 0 Å². The number of hydrogen-bond donors (Lipinski definition) is 2. The van der Waals surface area contributed by atoms with Crippen molar-refractivity contribution in [3.05, 3.63) is 0 Å². The van der Waals surface area contributed by atoms with Crippen LogP contribution in [-0.2, 0) is 9.09 Å². The number of rotatable bonds is 8. The fourth-order valence-electron chi connectivity index (χ4n) is 0.777. The van der Waals surface area contributed by atoms with Crippen LogP contribution in [0.5, 0.6) is 0 Å². The number of hydrogen-bond acceptors (Lipinski definition) is 4. The van der Waals surface area contributed by atoms with Crippen LogP contribution in [0.4, 0.5) is 0 Å². The van der Waals surface area contributed by atoms with Gasteiger partial charge >= 0.3 is 8.03 Å². The van der Waals surface area contributed by atoms with Gasteiger partial charge in [0.1, 0.15) is 12.7 Å². The van der Waals surface area contributed by atoms with Gasteiger partial charge in [-0.05, 0) is 17.4 Å². The minimum Gasteiger partial charge on any atom is -0.394 e. The first-order valence-corrected chi connectivity index (χ1v) is 5.93. The topological polar surface area (TPSA) is 66.8 Å². The van der Waals surface area contributed by atoms with Crippen LogP contribution in [0.15, 0.2) is 0 Å². The van der Waals surface area contributed by atoms with E-state index in [-0.39, 0.29) is 13.2 Å². The Bertz CT molecular complexity index is 140. The molecule has 2 N–H and O–H groups in total. The van der Waals surface area contributed by atoms with Gasteiger partial charge in [0.2, 0.25) is 0 Å². The van der Waals surface area contributed by atoms with Crippen molar-refractivity contribution in [2.75, 3.05) is 19.4 Å². The van der Waals surface area contributed by atoms with E-state index < -0.39 is 14.1 Å². The lowest BCUT2D eigenvalue weighted by atomic mass is 10.3. The molecule has 0 spiro atoms. The van der Waals surface area contributed by atoms with Crippen LogP contribution in [0.2, 0.25) is 0 Å². The lowest BCUT2D eigenvalue weighted by Crippen LogP contribution is -2.17. The SMILES string of the molecule is CCCCC[P+](=O)OCC(O)CO. The highest BCUT2D eigenvalue weighted by Gasteiger charge is 2.18. The molecule has 0 amide bonds. The van der Waals surface area contributed by atoms with Crippen molar-refractivity contribution in [1.29, 1.82) is 0 Å². The van der Waals surface area contributed by atoms with E-state index in [4.69, 9.17) is 14.7 Å². The average molecular weight is 209 g/mol. The van der Waals surface area contributed by atoms with Crippen LogP contribution in [0.25, 0.3) is 0 Å². The highest BCUT2D eigenvalue weighted by Crippen LogP contribution is 2.24. The van der Waals surface area contributed by atoms with Crippen molar-refractivity contribution in [2.24, 2.45) is 0 Å². The molecule has 2 unspecified atom stereocenters. The lowest BCUT2D eigenvalue weighted by Gasteiger charge is -1.99. The Hall–Kier alpha value is -0.0200. The molecule has 0 bridgehead atoms. The summed E-state index contributed by atoms with van der Waals surface area (Å²) in [6, 6.07) is 0. The molecule has 5 heteroatoms. The van der Waals surface area contributed by atoms with Crippen molar-refractivity contribution >= 4 is 8.03 Å². The first-order chi connectivity index (χ1) is 6.20. The molecule has 4 nitrogen and oxygen atoms in total. The van der Waals surface area contributed by atoms with E-state index in [1.807, 2.05) is 0 Å². The Labute approximate surface area is 79.8 Å². The summed E-state index contributed by atoms with van der Waals surface area (Å²) < 4.78 is 15.9. The van der Waals surface area contributed by atoms with Gasteiger partial charge in [-0.3, -0.25) is 0 Å². The van der Waals surface area contributed by atoms with E-state index in [9.17, 15) is 4.57 Å². The van der Waals surface area contributed by atoms with E-state index in [0.29, 0.717) is 6.16 Å². The molecule has 0 aliphatic heterocycles. The van der Waals surface area contributed by atoms with Crippen molar-refractivity contribution in [1.82, 2.24) is 0 Å². The zero-order chi connectivity index (χ0) is 10.1. The van der Waals surface area contributed by atoms with Crippen LogP contribution in [0.3, 0.4) is 0 Å². The summed E-state index contributed by atoms with van der Waals surface area (Å²) in [4.78, 5) is 0. The molecule has 0 aliphatic rings.